The van der Waals surface area contributed by atoms with E-state index >= 15 is 0 Å². The molecule has 23 heavy (non-hydrogen) atoms. The molecule has 0 aliphatic carbocycles. The minimum absolute atomic E-state index is 0.297. The normalized spacial score (nSPS) is 10.5. The van der Waals surface area contributed by atoms with Crippen LogP contribution in [0.3, 0.4) is 0 Å². The first-order chi connectivity index (χ1) is 11.0. The van der Waals surface area contributed by atoms with E-state index in [4.69, 9.17) is 5.26 Å². The van der Waals surface area contributed by atoms with Crippen LogP contribution in [0.1, 0.15) is 23.6 Å². The van der Waals surface area contributed by atoms with Crippen LogP contribution in [0.2, 0.25) is 0 Å². The molecule has 120 valence electrons. The Balaban J connectivity index is 2.59. The molecular formula is C16H18N4O2S. The van der Waals surface area contributed by atoms with Gasteiger partial charge in [-0.3, -0.25) is 4.57 Å². The molecule has 0 bridgehead atoms. The molecule has 1 heterocycles. The van der Waals surface area contributed by atoms with Gasteiger partial charge in [0.05, 0.1) is 12.6 Å². The Kier molecular flexibility index (Phi) is 5.40. The standard InChI is InChI=1S/C16H18N4O2S/c1-4-23-15-18-14(21)19(6-5-17)16(22)20(15)10-13-8-11(2)7-12(3)9-13/h7-9H,4,6,10H2,1-3H3. The Bertz CT molecular complexity index is 857. The lowest BCUT2D eigenvalue weighted by molar-refractivity contribution is 0.533. The fourth-order valence-electron chi connectivity index (χ4n) is 2.44. The van der Waals surface area contributed by atoms with Gasteiger partial charge in [-0.15, -0.1) is 0 Å². The molecule has 1 aromatic carbocycles. The largest absolute Gasteiger partial charge is 0.355 e. The number of aryl methyl sites for hydroxylation is 2. The third-order valence-electron chi connectivity index (χ3n) is 3.24. The first kappa shape index (κ1) is 17.0. The summed E-state index contributed by atoms with van der Waals surface area (Å²) in [5.41, 5.74) is 2.00. The molecule has 0 saturated heterocycles. The van der Waals surface area contributed by atoms with Crippen LogP contribution in [0.4, 0.5) is 0 Å². The molecule has 6 nitrogen and oxygen atoms in total. The van der Waals surface area contributed by atoms with Gasteiger partial charge < -0.3 is 0 Å². The maximum Gasteiger partial charge on any atom is 0.355 e. The van der Waals surface area contributed by atoms with Crippen LogP contribution in [-0.2, 0) is 13.1 Å². The lowest BCUT2D eigenvalue weighted by atomic mass is 10.1. The quantitative estimate of drug-likeness (QED) is 0.780. The van der Waals surface area contributed by atoms with Gasteiger partial charge >= 0.3 is 11.4 Å². The number of hydrogen-bond donors (Lipinski definition) is 0. The van der Waals surface area contributed by atoms with E-state index in [9.17, 15) is 9.59 Å². The van der Waals surface area contributed by atoms with Crippen molar-refractivity contribution in [1.82, 2.24) is 14.1 Å². The molecule has 2 rings (SSSR count). The van der Waals surface area contributed by atoms with E-state index in [-0.39, 0.29) is 6.54 Å². The van der Waals surface area contributed by atoms with Crippen LogP contribution < -0.4 is 11.4 Å². The Morgan fingerprint density at radius 3 is 2.39 bits per heavy atom. The lowest BCUT2D eigenvalue weighted by Crippen LogP contribution is -2.42. The van der Waals surface area contributed by atoms with Crippen molar-refractivity contribution in [2.24, 2.45) is 0 Å². The van der Waals surface area contributed by atoms with Crippen LogP contribution >= 0.6 is 11.8 Å². The van der Waals surface area contributed by atoms with E-state index in [0.29, 0.717) is 17.5 Å². The van der Waals surface area contributed by atoms with Crippen molar-refractivity contribution in [2.45, 2.75) is 39.0 Å². The second-order valence-electron chi connectivity index (χ2n) is 5.22. The summed E-state index contributed by atoms with van der Waals surface area (Å²) < 4.78 is 2.32. The maximum atomic E-state index is 12.6. The summed E-state index contributed by atoms with van der Waals surface area (Å²) in [5.74, 6) is 0.695. The lowest BCUT2D eigenvalue weighted by Gasteiger charge is -2.13. The fraction of sp³-hybridized carbons (Fsp3) is 0.375. The number of thioether (sulfide) groups is 1. The van der Waals surface area contributed by atoms with Crippen LogP contribution in [0, 0.1) is 25.2 Å². The monoisotopic (exact) mass is 330 g/mol. The maximum absolute atomic E-state index is 12.6. The Morgan fingerprint density at radius 2 is 1.83 bits per heavy atom. The molecule has 7 heteroatoms. The summed E-state index contributed by atoms with van der Waals surface area (Å²) in [7, 11) is 0. The number of nitrogens with zero attached hydrogens (tertiary/aromatic N) is 4. The molecule has 0 unspecified atom stereocenters. The topological polar surface area (TPSA) is 80.7 Å². The van der Waals surface area contributed by atoms with Crippen molar-refractivity contribution < 1.29 is 0 Å². The zero-order valence-electron chi connectivity index (χ0n) is 13.4. The van der Waals surface area contributed by atoms with Gasteiger partial charge in [0.1, 0.15) is 6.54 Å². The Labute approximate surface area is 138 Å². The average Bonchev–Trinajstić information content (AvgIpc) is 2.47. The molecule has 0 amide bonds. The van der Waals surface area contributed by atoms with E-state index in [1.807, 2.05) is 39.0 Å². The van der Waals surface area contributed by atoms with Gasteiger partial charge in [0.15, 0.2) is 5.16 Å². The summed E-state index contributed by atoms with van der Waals surface area (Å²) >= 11 is 1.34. The number of benzene rings is 1. The van der Waals surface area contributed by atoms with Gasteiger partial charge in [-0.25, -0.2) is 14.2 Å². The number of rotatable bonds is 5. The molecule has 2 aromatic rings. The zero-order chi connectivity index (χ0) is 17.0. The van der Waals surface area contributed by atoms with Gasteiger partial charge in [-0.2, -0.15) is 10.2 Å². The van der Waals surface area contributed by atoms with Crippen molar-refractivity contribution in [3.8, 4) is 6.07 Å². The highest BCUT2D eigenvalue weighted by molar-refractivity contribution is 7.99. The molecule has 0 N–H and O–H groups in total. The van der Waals surface area contributed by atoms with Crippen molar-refractivity contribution in [1.29, 1.82) is 5.26 Å². The van der Waals surface area contributed by atoms with Gasteiger partial charge in [0.2, 0.25) is 0 Å². The average molecular weight is 330 g/mol. The second-order valence-corrected chi connectivity index (χ2v) is 6.45. The highest BCUT2D eigenvalue weighted by Gasteiger charge is 2.13. The molecular weight excluding hydrogens is 312 g/mol. The van der Waals surface area contributed by atoms with Crippen LogP contribution in [-0.4, -0.2) is 19.9 Å². The number of hydrogen-bond acceptors (Lipinski definition) is 5. The van der Waals surface area contributed by atoms with Gasteiger partial charge in [-0.1, -0.05) is 48.0 Å². The van der Waals surface area contributed by atoms with Gasteiger partial charge in [0.25, 0.3) is 0 Å². The summed E-state index contributed by atoms with van der Waals surface area (Å²) in [4.78, 5) is 28.4. The first-order valence-electron chi connectivity index (χ1n) is 7.25. The summed E-state index contributed by atoms with van der Waals surface area (Å²) in [6.07, 6.45) is 0. The SMILES string of the molecule is CCSc1nc(=O)n(CC#N)c(=O)n1Cc1cc(C)cc(C)c1. The Morgan fingerprint density at radius 1 is 1.17 bits per heavy atom. The first-order valence-corrected chi connectivity index (χ1v) is 8.23. The van der Waals surface area contributed by atoms with E-state index in [1.165, 1.54) is 16.3 Å². The predicted octanol–water partition coefficient (Wildman–Crippen LogP) is 1.71. The second kappa shape index (κ2) is 7.29. The minimum Gasteiger partial charge on any atom is -0.268 e. The predicted molar refractivity (Wildman–Crippen MR) is 89.8 cm³/mol. The van der Waals surface area contributed by atoms with Crippen LogP contribution in [0.15, 0.2) is 32.9 Å². The van der Waals surface area contributed by atoms with Gasteiger partial charge in [0, 0.05) is 0 Å². The highest BCUT2D eigenvalue weighted by atomic mass is 32.2. The molecule has 0 aliphatic rings. The van der Waals surface area contributed by atoms with Crippen molar-refractivity contribution in [2.75, 3.05) is 5.75 Å². The molecule has 0 aliphatic heterocycles. The van der Waals surface area contributed by atoms with Crippen LogP contribution in [0.25, 0.3) is 0 Å². The highest BCUT2D eigenvalue weighted by Crippen LogP contribution is 2.15. The third kappa shape index (κ3) is 3.90. The van der Waals surface area contributed by atoms with E-state index in [1.54, 1.807) is 0 Å². The Hall–Kier alpha value is -2.33. The van der Waals surface area contributed by atoms with Gasteiger partial charge in [-0.05, 0) is 25.2 Å². The van der Waals surface area contributed by atoms with E-state index < -0.39 is 11.4 Å². The molecule has 1 aromatic heterocycles. The molecule has 0 fully saturated rings. The number of nitriles is 1. The zero-order valence-corrected chi connectivity index (χ0v) is 14.2. The third-order valence-corrected chi connectivity index (χ3v) is 4.10. The summed E-state index contributed by atoms with van der Waals surface area (Å²) in [6, 6.07) is 7.89. The molecule has 0 spiro atoms. The van der Waals surface area contributed by atoms with Crippen molar-refractivity contribution in [3.63, 3.8) is 0 Å². The van der Waals surface area contributed by atoms with E-state index in [0.717, 1.165) is 21.3 Å². The molecule has 0 atom stereocenters. The summed E-state index contributed by atoms with van der Waals surface area (Å²) in [5, 5.41) is 9.19. The summed E-state index contributed by atoms with van der Waals surface area (Å²) in [6.45, 7) is 5.95. The van der Waals surface area contributed by atoms with Crippen LogP contribution in [0.5, 0.6) is 0 Å². The van der Waals surface area contributed by atoms with Crippen molar-refractivity contribution >= 4 is 11.8 Å². The molecule has 0 radical (unpaired) electrons. The van der Waals surface area contributed by atoms with Crippen molar-refractivity contribution in [3.05, 3.63) is 55.9 Å². The fourth-order valence-corrected chi connectivity index (χ4v) is 3.13. The smallest absolute Gasteiger partial charge is 0.268 e. The molecule has 0 saturated carbocycles. The van der Waals surface area contributed by atoms with E-state index in [2.05, 4.69) is 11.1 Å². The minimum atomic E-state index is -0.677. The number of aromatic nitrogens is 3.